The molecular formula is C18H24N2O4. The van der Waals surface area contributed by atoms with Crippen LogP contribution in [0.4, 0.5) is 4.79 Å². The third-order valence-electron chi connectivity index (χ3n) is 4.56. The summed E-state index contributed by atoms with van der Waals surface area (Å²) in [7, 11) is 0. The van der Waals surface area contributed by atoms with E-state index in [1.165, 1.54) is 4.90 Å². The van der Waals surface area contributed by atoms with Crippen molar-refractivity contribution in [1.29, 1.82) is 0 Å². The summed E-state index contributed by atoms with van der Waals surface area (Å²) < 4.78 is 5.62. The van der Waals surface area contributed by atoms with E-state index in [9.17, 15) is 14.7 Å². The van der Waals surface area contributed by atoms with Gasteiger partial charge in [-0.1, -0.05) is 6.07 Å². The summed E-state index contributed by atoms with van der Waals surface area (Å²) in [4.78, 5) is 27.5. The molecule has 6 heteroatoms. The van der Waals surface area contributed by atoms with Crippen molar-refractivity contribution in [2.45, 2.75) is 45.3 Å². The zero-order valence-corrected chi connectivity index (χ0v) is 14.2. The van der Waals surface area contributed by atoms with Crippen LogP contribution in [0.1, 0.15) is 30.4 Å². The maximum absolute atomic E-state index is 12.4. The minimum atomic E-state index is -0.903. The fraction of sp³-hybridized carbons (Fsp3) is 0.556. The summed E-state index contributed by atoms with van der Waals surface area (Å²) >= 11 is 0. The summed E-state index contributed by atoms with van der Waals surface area (Å²) in [6.07, 6.45) is 1.71. The first-order valence-corrected chi connectivity index (χ1v) is 8.47. The number of ether oxygens (including phenoxy) is 1. The molecular weight excluding hydrogens is 308 g/mol. The number of carbonyl (C=O) groups is 2. The molecule has 1 aromatic carbocycles. The fourth-order valence-electron chi connectivity index (χ4n) is 3.49. The Hall–Kier alpha value is -2.08. The van der Waals surface area contributed by atoms with E-state index in [0.717, 1.165) is 30.4 Å². The Labute approximate surface area is 142 Å². The Bertz CT molecular complexity index is 602. The lowest BCUT2D eigenvalue weighted by Crippen LogP contribution is -2.40. The maximum Gasteiger partial charge on any atom is 0.327 e. The van der Waals surface area contributed by atoms with Gasteiger partial charge in [-0.25, -0.2) is 4.79 Å². The molecule has 2 atom stereocenters. The number of rotatable bonds is 5. The highest BCUT2D eigenvalue weighted by Crippen LogP contribution is 2.26. The van der Waals surface area contributed by atoms with Gasteiger partial charge >= 0.3 is 6.03 Å². The second-order valence-corrected chi connectivity index (χ2v) is 6.72. The number of aliphatic hydroxyl groups excluding tert-OH is 1. The van der Waals surface area contributed by atoms with Crippen molar-refractivity contribution in [1.82, 2.24) is 9.80 Å². The minimum Gasteiger partial charge on any atom is -0.491 e. The van der Waals surface area contributed by atoms with E-state index in [0.29, 0.717) is 12.3 Å². The Morgan fingerprint density at radius 1 is 1.21 bits per heavy atom. The van der Waals surface area contributed by atoms with Gasteiger partial charge in [0, 0.05) is 6.54 Å². The molecule has 2 aliphatic rings. The lowest BCUT2D eigenvalue weighted by atomic mass is 10.0. The molecule has 3 rings (SSSR count). The number of piperidine rings is 1. The molecule has 1 N–H and O–H groups in total. The molecule has 1 aromatic rings. The molecule has 3 amide bonds. The van der Waals surface area contributed by atoms with Crippen LogP contribution >= 0.6 is 0 Å². The summed E-state index contributed by atoms with van der Waals surface area (Å²) in [6, 6.07) is 5.22. The Morgan fingerprint density at radius 3 is 2.58 bits per heavy atom. The second-order valence-electron chi connectivity index (χ2n) is 6.72. The summed E-state index contributed by atoms with van der Waals surface area (Å²) in [6.45, 7) is 4.61. The van der Waals surface area contributed by atoms with Crippen LogP contribution in [0.5, 0.6) is 5.75 Å². The molecule has 130 valence electrons. The standard InChI is InChI=1S/C18H24N2O4/c1-12-7-13(2)9-15(8-12)24-11-14(21)10-20-17(22)16-5-3-4-6-19(16)18(20)23/h7-9,14,16,21H,3-6,10-11H2,1-2H3. The van der Waals surface area contributed by atoms with E-state index < -0.39 is 6.10 Å². The van der Waals surface area contributed by atoms with Crippen molar-refractivity contribution in [3.63, 3.8) is 0 Å². The van der Waals surface area contributed by atoms with E-state index >= 15 is 0 Å². The van der Waals surface area contributed by atoms with E-state index in [4.69, 9.17) is 4.74 Å². The molecule has 2 saturated heterocycles. The van der Waals surface area contributed by atoms with Crippen LogP contribution in [0.15, 0.2) is 18.2 Å². The average molecular weight is 332 g/mol. The van der Waals surface area contributed by atoms with Crippen LogP contribution in [0, 0.1) is 13.8 Å². The highest BCUT2D eigenvalue weighted by atomic mass is 16.5. The van der Waals surface area contributed by atoms with Gasteiger partial charge in [-0.05, 0) is 56.4 Å². The molecule has 2 fully saturated rings. The van der Waals surface area contributed by atoms with Gasteiger partial charge in [-0.3, -0.25) is 9.69 Å². The monoisotopic (exact) mass is 332 g/mol. The number of fused-ring (bicyclic) bond motifs is 1. The van der Waals surface area contributed by atoms with Gasteiger partial charge in [-0.15, -0.1) is 0 Å². The van der Waals surface area contributed by atoms with Crippen molar-refractivity contribution < 1.29 is 19.4 Å². The number of aliphatic hydroxyl groups is 1. The van der Waals surface area contributed by atoms with Crippen molar-refractivity contribution in [2.24, 2.45) is 0 Å². The molecule has 0 aromatic heterocycles. The van der Waals surface area contributed by atoms with Crippen LogP contribution < -0.4 is 4.74 Å². The molecule has 2 aliphatic heterocycles. The first-order valence-electron chi connectivity index (χ1n) is 8.47. The van der Waals surface area contributed by atoms with Crippen molar-refractivity contribution in [2.75, 3.05) is 19.7 Å². The zero-order chi connectivity index (χ0) is 17.3. The molecule has 2 heterocycles. The van der Waals surface area contributed by atoms with Crippen LogP contribution in [0.25, 0.3) is 0 Å². The van der Waals surface area contributed by atoms with Crippen LogP contribution in [0.3, 0.4) is 0 Å². The number of benzene rings is 1. The van der Waals surface area contributed by atoms with Gasteiger partial charge in [0.15, 0.2) is 0 Å². The number of amides is 3. The number of urea groups is 1. The van der Waals surface area contributed by atoms with Crippen molar-refractivity contribution >= 4 is 11.9 Å². The number of hydrogen-bond acceptors (Lipinski definition) is 4. The molecule has 6 nitrogen and oxygen atoms in total. The number of β-amino-alcohol motifs (C(OH)–C–C–N with tert-alkyl or cyclic N) is 1. The van der Waals surface area contributed by atoms with Crippen LogP contribution in [0.2, 0.25) is 0 Å². The highest BCUT2D eigenvalue weighted by Gasteiger charge is 2.46. The molecule has 0 saturated carbocycles. The van der Waals surface area contributed by atoms with Gasteiger partial charge in [0.25, 0.3) is 5.91 Å². The molecule has 2 unspecified atom stereocenters. The lowest BCUT2D eigenvalue weighted by molar-refractivity contribution is -0.129. The second kappa shape index (κ2) is 6.81. The van der Waals surface area contributed by atoms with Crippen molar-refractivity contribution in [3.8, 4) is 5.75 Å². The lowest BCUT2D eigenvalue weighted by Gasteiger charge is -2.26. The molecule has 0 bridgehead atoms. The molecule has 0 spiro atoms. The zero-order valence-electron chi connectivity index (χ0n) is 14.2. The third-order valence-corrected chi connectivity index (χ3v) is 4.56. The van der Waals surface area contributed by atoms with E-state index in [1.54, 1.807) is 4.90 Å². The normalized spacial score (nSPS) is 21.9. The largest absolute Gasteiger partial charge is 0.491 e. The topological polar surface area (TPSA) is 70.1 Å². The number of carbonyl (C=O) groups excluding carboxylic acids is 2. The molecule has 24 heavy (non-hydrogen) atoms. The number of nitrogens with zero attached hydrogens (tertiary/aromatic N) is 2. The van der Waals surface area contributed by atoms with Crippen LogP contribution in [-0.4, -0.2) is 58.7 Å². The first-order chi connectivity index (χ1) is 11.5. The maximum atomic E-state index is 12.4. The summed E-state index contributed by atoms with van der Waals surface area (Å²) in [5.41, 5.74) is 2.17. The van der Waals surface area contributed by atoms with E-state index in [2.05, 4.69) is 0 Å². The van der Waals surface area contributed by atoms with Gasteiger partial charge < -0.3 is 14.7 Å². The summed E-state index contributed by atoms with van der Waals surface area (Å²) in [5, 5.41) is 10.2. The number of imide groups is 1. The van der Waals surface area contributed by atoms with E-state index in [-0.39, 0.29) is 31.1 Å². The Kier molecular flexibility index (Phi) is 4.76. The van der Waals surface area contributed by atoms with Gasteiger partial charge in [0.05, 0.1) is 6.54 Å². The summed E-state index contributed by atoms with van der Waals surface area (Å²) in [5.74, 6) is 0.494. The Morgan fingerprint density at radius 2 is 1.92 bits per heavy atom. The van der Waals surface area contributed by atoms with Crippen molar-refractivity contribution in [3.05, 3.63) is 29.3 Å². The molecule has 0 radical (unpaired) electrons. The first kappa shape index (κ1) is 16.8. The number of aryl methyl sites for hydroxylation is 2. The highest BCUT2D eigenvalue weighted by molar-refractivity contribution is 6.04. The quantitative estimate of drug-likeness (QED) is 0.836. The van der Waals surface area contributed by atoms with Crippen LogP contribution in [-0.2, 0) is 4.79 Å². The predicted octanol–water partition coefficient (Wildman–Crippen LogP) is 1.86. The third kappa shape index (κ3) is 3.38. The van der Waals surface area contributed by atoms with Gasteiger partial charge in [-0.2, -0.15) is 0 Å². The predicted molar refractivity (Wildman–Crippen MR) is 88.9 cm³/mol. The SMILES string of the molecule is Cc1cc(C)cc(OCC(O)CN2C(=O)C3CCCCN3C2=O)c1. The van der Waals surface area contributed by atoms with Gasteiger partial charge in [0.1, 0.15) is 24.5 Å². The minimum absolute atomic E-state index is 0.0184. The number of hydrogen-bond donors (Lipinski definition) is 1. The fourth-order valence-corrected chi connectivity index (χ4v) is 3.49. The smallest absolute Gasteiger partial charge is 0.327 e. The van der Waals surface area contributed by atoms with Gasteiger partial charge in [0.2, 0.25) is 0 Å². The Balaban J connectivity index is 1.57. The molecule has 0 aliphatic carbocycles. The van der Waals surface area contributed by atoms with E-state index in [1.807, 2.05) is 32.0 Å². The average Bonchev–Trinajstić information content (AvgIpc) is 2.78.